The average molecular weight is 340 g/mol. The molecule has 1 saturated heterocycles. The van der Waals surface area contributed by atoms with E-state index in [1.54, 1.807) is 12.4 Å². The number of nitrogens with zero attached hydrogens (tertiary/aromatic N) is 4. The number of hydrogen-bond acceptors (Lipinski definition) is 6. The third-order valence-corrected chi connectivity index (χ3v) is 4.87. The van der Waals surface area contributed by atoms with Crippen LogP contribution in [0.1, 0.15) is 41.6 Å². The second kappa shape index (κ2) is 6.52. The first-order chi connectivity index (χ1) is 11.8. The van der Waals surface area contributed by atoms with Crippen molar-refractivity contribution in [2.24, 2.45) is 0 Å². The maximum absolute atomic E-state index is 12.8. The van der Waals surface area contributed by atoms with Gasteiger partial charge < -0.3 is 9.32 Å². The lowest BCUT2D eigenvalue weighted by Gasteiger charge is -2.33. The molecule has 0 spiro atoms. The van der Waals surface area contributed by atoms with E-state index < -0.39 is 0 Å². The summed E-state index contributed by atoms with van der Waals surface area (Å²) in [6.45, 7) is 0.715. The van der Waals surface area contributed by atoms with E-state index in [1.165, 1.54) is 11.3 Å². The summed E-state index contributed by atoms with van der Waals surface area (Å²) < 4.78 is 5.87. The number of carbonyl (C=O) groups is 1. The summed E-state index contributed by atoms with van der Waals surface area (Å²) in [6, 6.07) is 5.35. The number of thiophene rings is 1. The van der Waals surface area contributed by atoms with Crippen LogP contribution in [0, 0.1) is 0 Å². The molecule has 3 aromatic rings. The van der Waals surface area contributed by atoms with Gasteiger partial charge in [-0.3, -0.25) is 9.78 Å². The van der Waals surface area contributed by atoms with Crippen LogP contribution in [0.4, 0.5) is 0 Å². The van der Waals surface area contributed by atoms with Crippen molar-refractivity contribution in [3.05, 3.63) is 52.8 Å². The zero-order valence-corrected chi connectivity index (χ0v) is 13.8. The molecule has 0 saturated carbocycles. The summed E-state index contributed by atoms with van der Waals surface area (Å²) in [7, 11) is 0. The van der Waals surface area contributed by atoms with Gasteiger partial charge in [0.1, 0.15) is 6.04 Å². The molecule has 1 fully saturated rings. The Bertz CT molecular complexity index is 816. The van der Waals surface area contributed by atoms with Crippen molar-refractivity contribution in [1.82, 2.24) is 20.1 Å². The normalized spacial score (nSPS) is 17.8. The molecule has 6 nitrogen and oxygen atoms in total. The number of piperidine rings is 1. The van der Waals surface area contributed by atoms with E-state index in [1.807, 2.05) is 33.9 Å². The van der Waals surface area contributed by atoms with Gasteiger partial charge in [0.05, 0.1) is 5.56 Å². The van der Waals surface area contributed by atoms with Crippen molar-refractivity contribution < 1.29 is 9.21 Å². The van der Waals surface area contributed by atoms with Crippen molar-refractivity contribution >= 4 is 17.2 Å². The Morgan fingerprint density at radius 1 is 1.21 bits per heavy atom. The number of pyridine rings is 1. The van der Waals surface area contributed by atoms with E-state index in [0.29, 0.717) is 18.3 Å². The molecular formula is C17H16N4O2S. The number of carbonyl (C=O) groups excluding carboxylic acids is 1. The van der Waals surface area contributed by atoms with Gasteiger partial charge in [0.15, 0.2) is 0 Å². The van der Waals surface area contributed by atoms with Gasteiger partial charge in [0, 0.05) is 29.9 Å². The Hall–Kier alpha value is -2.54. The molecule has 4 heterocycles. The van der Waals surface area contributed by atoms with Crippen LogP contribution in [0.15, 0.2) is 45.8 Å². The maximum atomic E-state index is 12.8. The third-order valence-electron chi connectivity index (χ3n) is 4.18. The molecule has 1 unspecified atom stereocenters. The minimum absolute atomic E-state index is 0.0320. The first kappa shape index (κ1) is 15.0. The molecule has 0 N–H and O–H groups in total. The van der Waals surface area contributed by atoms with E-state index in [2.05, 4.69) is 15.2 Å². The molecule has 0 aliphatic carbocycles. The van der Waals surface area contributed by atoms with E-state index in [-0.39, 0.29) is 11.9 Å². The van der Waals surface area contributed by atoms with E-state index in [0.717, 1.165) is 30.4 Å². The highest BCUT2D eigenvalue weighted by Crippen LogP contribution is 2.33. The highest BCUT2D eigenvalue weighted by atomic mass is 32.1. The minimum Gasteiger partial charge on any atom is -0.418 e. The molecule has 0 radical (unpaired) electrons. The summed E-state index contributed by atoms with van der Waals surface area (Å²) >= 11 is 1.53. The molecule has 7 heteroatoms. The van der Waals surface area contributed by atoms with Gasteiger partial charge >= 0.3 is 0 Å². The molecule has 0 bridgehead atoms. The van der Waals surface area contributed by atoms with Crippen LogP contribution in [0.25, 0.3) is 11.5 Å². The van der Waals surface area contributed by atoms with E-state index in [4.69, 9.17) is 4.42 Å². The monoisotopic (exact) mass is 340 g/mol. The molecule has 122 valence electrons. The fourth-order valence-electron chi connectivity index (χ4n) is 2.96. The van der Waals surface area contributed by atoms with Gasteiger partial charge in [-0.25, -0.2) is 0 Å². The van der Waals surface area contributed by atoms with Crippen LogP contribution in [-0.4, -0.2) is 32.5 Å². The van der Waals surface area contributed by atoms with Gasteiger partial charge in [-0.2, -0.15) is 11.3 Å². The first-order valence-electron chi connectivity index (χ1n) is 7.90. The van der Waals surface area contributed by atoms with Crippen LogP contribution >= 0.6 is 11.3 Å². The number of hydrogen-bond donors (Lipinski definition) is 0. The molecule has 24 heavy (non-hydrogen) atoms. The van der Waals surface area contributed by atoms with Crippen LogP contribution in [0.3, 0.4) is 0 Å². The largest absolute Gasteiger partial charge is 0.418 e. The fraction of sp³-hybridized carbons (Fsp3) is 0.294. The van der Waals surface area contributed by atoms with Crippen LogP contribution in [0.5, 0.6) is 0 Å². The summed E-state index contributed by atoms with van der Waals surface area (Å²) in [4.78, 5) is 18.6. The number of aromatic nitrogens is 3. The average Bonchev–Trinajstić information content (AvgIpc) is 3.34. The molecule has 1 amide bonds. The Morgan fingerprint density at radius 2 is 2.08 bits per heavy atom. The first-order valence-corrected chi connectivity index (χ1v) is 8.84. The van der Waals surface area contributed by atoms with E-state index >= 15 is 0 Å². The van der Waals surface area contributed by atoms with Crippen LogP contribution < -0.4 is 0 Å². The summed E-state index contributed by atoms with van der Waals surface area (Å²) in [5.41, 5.74) is 1.55. The Labute approximate surface area is 143 Å². The third kappa shape index (κ3) is 2.82. The molecule has 1 atom stereocenters. The standard InChI is InChI=1S/C17H16N4O2S/c22-17(13-6-10-24-11-13)21-9-2-1-3-14(21)16-20-19-15(23-16)12-4-7-18-8-5-12/h4-8,10-11,14H,1-3,9H2. The SMILES string of the molecule is O=C(c1ccsc1)N1CCCCC1c1nnc(-c2ccncc2)o1. The molecular weight excluding hydrogens is 324 g/mol. The second-order valence-corrected chi connectivity index (χ2v) is 6.48. The molecule has 0 aromatic carbocycles. The lowest BCUT2D eigenvalue weighted by molar-refractivity contribution is 0.0573. The summed E-state index contributed by atoms with van der Waals surface area (Å²) in [5.74, 6) is 0.996. The highest BCUT2D eigenvalue weighted by Gasteiger charge is 2.32. The molecule has 3 aromatic heterocycles. The Morgan fingerprint density at radius 3 is 2.88 bits per heavy atom. The zero-order chi connectivity index (χ0) is 16.4. The van der Waals surface area contributed by atoms with Gasteiger partial charge in [-0.1, -0.05) is 0 Å². The smallest absolute Gasteiger partial charge is 0.255 e. The van der Waals surface area contributed by atoms with Crippen LogP contribution in [-0.2, 0) is 0 Å². The topological polar surface area (TPSA) is 72.1 Å². The molecule has 1 aliphatic heterocycles. The molecule has 1 aliphatic rings. The molecule has 4 rings (SSSR count). The predicted octanol–water partition coefficient (Wildman–Crippen LogP) is 3.56. The van der Waals surface area contributed by atoms with Crippen molar-refractivity contribution in [3.63, 3.8) is 0 Å². The van der Waals surface area contributed by atoms with Crippen molar-refractivity contribution in [2.75, 3.05) is 6.54 Å². The van der Waals surface area contributed by atoms with Gasteiger partial charge in [-0.15, -0.1) is 10.2 Å². The number of likely N-dealkylation sites (tertiary alicyclic amines) is 1. The van der Waals surface area contributed by atoms with Gasteiger partial charge in [-0.05, 0) is 42.8 Å². The summed E-state index contributed by atoms with van der Waals surface area (Å²) in [6.07, 6.45) is 6.26. The minimum atomic E-state index is -0.158. The van der Waals surface area contributed by atoms with Crippen LogP contribution in [0.2, 0.25) is 0 Å². The van der Waals surface area contributed by atoms with Crippen molar-refractivity contribution in [1.29, 1.82) is 0 Å². The van der Waals surface area contributed by atoms with Crippen molar-refractivity contribution in [2.45, 2.75) is 25.3 Å². The fourth-order valence-corrected chi connectivity index (χ4v) is 3.59. The Kier molecular flexibility index (Phi) is 4.08. The second-order valence-electron chi connectivity index (χ2n) is 5.70. The number of rotatable bonds is 3. The zero-order valence-electron chi connectivity index (χ0n) is 13.0. The van der Waals surface area contributed by atoms with Gasteiger partial charge in [0.2, 0.25) is 11.8 Å². The number of amides is 1. The lowest BCUT2D eigenvalue weighted by Crippen LogP contribution is -2.38. The van der Waals surface area contributed by atoms with Gasteiger partial charge in [0.25, 0.3) is 5.91 Å². The van der Waals surface area contributed by atoms with Crippen molar-refractivity contribution in [3.8, 4) is 11.5 Å². The lowest BCUT2D eigenvalue weighted by atomic mass is 10.0. The van der Waals surface area contributed by atoms with E-state index in [9.17, 15) is 4.79 Å². The quantitative estimate of drug-likeness (QED) is 0.729. The highest BCUT2D eigenvalue weighted by molar-refractivity contribution is 7.08. The maximum Gasteiger partial charge on any atom is 0.255 e. The Balaban J connectivity index is 1.62. The summed E-state index contributed by atoms with van der Waals surface area (Å²) in [5, 5.41) is 12.1. The predicted molar refractivity (Wildman–Crippen MR) is 89.5 cm³/mol.